The molecule has 0 atom stereocenters. The van der Waals surface area contributed by atoms with E-state index in [1.165, 1.54) is 22.5 Å². The number of hydrogen-bond donors (Lipinski definition) is 1. The molecule has 0 aromatic heterocycles. The van der Waals surface area contributed by atoms with Gasteiger partial charge in [0.2, 0.25) is 0 Å². The second-order valence-corrected chi connectivity index (χ2v) is 4.23. The van der Waals surface area contributed by atoms with Gasteiger partial charge < -0.3 is 10.6 Å². The van der Waals surface area contributed by atoms with Crippen LogP contribution in [0.15, 0.2) is 53.4 Å². The molecule has 0 saturated heterocycles. The molecule has 1 aromatic rings. The molecule has 0 bridgehead atoms. The van der Waals surface area contributed by atoms with Crippen molar-refractivity contribution in [2.45, 2.75) is 6.42 Å². The number of para-hydroxylation sites is 1. The fourth-order valence-corrected chi connectivity index (χ4v) is 2.32. The first-order valence-electron chi connectivity index (χ1n) is 5.47. The van der Waals surface area contributed by atoms with Crippen molar-refractivity contribution in [3.8, 4) is 0 Å². The molecule has 1 aliphatic carbocycles. The Morgan fingerprint density at radius 1 is 1.19 bits per heavy atom. The van der Waals surface area contributed by atoms with Crippen LogP contribution in [-0.2, 0) is 0 Å². The Morgan fingerprint density at radius 2 is 2.00 bits per heavy atom. The summed E-state index contributed by atoms with van der Waals surface area (Å²) < 4.78 is 0. The van der Waals surface area contributed by atoms with Gasteiger partial charge in [0.05, 0.1) is 0 Å². The van der Waals surface area contributed by atoms with Gasteiger partial charge in [-0.3, -0.25) is 0 Å². The van der Waals surface area contributed by atoms with Crippen LogP contribution in [0.4, 0.5) is 5.69 Å². The van der Waals surface area contributed by atoms with Gasteiger partial charge in [0.25, 0.3) is 0 Å². The van der Waals surface area contributed by atoms with Crippen LogP contribution in [0, 0.1) is 0 Å². The van der Waals surface area contributed by atoms with Crippen LogP contribution in [0.1, 0.15) is 12.0 Å². The SMILES string of the molecule is CN1C2=CC(N)=CCC2=Cc2ccccc21. The highest BCUT2D eigenvalue weighted by Crippen LogP contribution is 2.36. The van der Waals surface area contributed by atoms with Gasteiger partial charge in [0.15, 0.2) is 0 Å². The second-order valence-electron chi connectivity index (χ2n) is 4.23. The first-order chi connectivity index (χ1) is 7.75. The molecule has 1 heterocycles. The maximum absolute atomic E-state index is 5.85. The molecule has 0 radical (unpaired) electrons. The van der Waals surface area contributed by atoms with Crippen molar-refractivity contribution in [3.05, 3.63) is 58.9 Å². The Balaban J connectivity index is 2.18. The van der Waals surface area contributed by atoms with Gasteiger partial charge >= 0.3 is 0 Å². The summed E-state index contributed by atoms with van der Waals surface area (Å²) in [5.41, 5.74) is 11.8. The maximum Gasteiger partial charge on any atom is 0.0481 e. The fraction of sp³-hybridized carbons (Fsp3) is 0.143. The van der Waals surface area contributed by atoms with Crippen LogP contribution in [0.25, 0.3) is 6.08 Å². The van der Waals surface area contributed by atoms with Crippen LogP contribution < -0.4 is 10.6 Å². The third-order valence-electron chi connectivity index (χ3n) is 3.18. The van der Waals surface area contributed by atoms with Gasteiger partial charge in [-0.15, -0.1) is 0 Å². The molecule has 16 heavy (non-hydrogen) atoms. The predicted octanol–water partition coefficient (Wildman–Crippen LogP) is 2.65. The molecule has 2 nitrogen and oxygen atoms in total. The lowest BCUT2D eigenvalue weighted by Crippen LogP contribution is -2.24. The molecular weight excluding hydrogens is 196 g/mol. The molecule has 1 aliphatic heterocycles. The maximum atomic E-state index is 5.85. The molecule has 0 unspecified atom stereocenters. The Morgan fingerprint density at radius 3 is 2.88 bits per heavy atom. The first kappa shape index (κ1) is 9.28. The molecule has 1 aromatic carbocycles. The van der Waals surface area contributed by atoms with E-state index in [0.29, 0.717) is 0 Å². The summed E-state index contributed by atoms with van der Waals surface area (Å²) in [5, 5.41) is 0. The fourth-order valence-electron chi connectivity index (χ4n) is 2.32. The average Bonchev–Trinajstić information content (AvgIpc) is 2.31. The first-order valence-corrected chi connectivity index (χ1v) is 5.47. The number of allylic oxidation sites excluding steroid dienone is 3. The Bertz CT molecular complexity index is 535. The number of rotatable bonds is 0. The molecule has 0 spiro atoms. The molecule has 2 N–H and O–H groups in total. The normalized spacial score (nSPS) is 18.1. The van der Waals surface area contributed by atoms with Crippen LogP contribution >= 0.6 is 0 Å². The summed E-state index contributed by atoms with van der Waals surface area (Å²) in [6.45, 7) is 0. The minimum atomic E-state index is 0.860. The van der Waals surface area contributed by atoms with E-state index in [-0.39, 0.29) is 0 Å². The van der Waals surface area contributed by atoms with Crippen molar-refractivity contribution in [3.63, 3.8) is 0 Å². The zero-order valence-electron chi connectivity index (χ0n) is 9.27. The Kier molecular flexibility index (Phi) is 1.90. The number of benzene rings is 1. The molecule has 2 heteroatoms. The smallest absolute Gasteiger partial charge is 0.0481 e. The lowest BCUT2D eigenvalue weighted by atomic mass is 9.94. The van der Waals surface area contributed by atoms with E-state index in [0.717, 1.165) is 12.1 Å². The van der Waals surface area contributed by atoms with Crippen molar-refractivity contribution in [1.29, 1.82) is 0 Å². The summed E-state index contributed by atoms with van der Waals surface area (Å²) in [6.07, 6.45) is 7.29. The second kappa shape index (κ2) is 3.27. The van der Waals surface area contributed by atoms with Gasteiger partial charge in [-0.05, 0) is 35.8 Å². The Hall–Kier alpha value is -1.96. The third kappa shape index (κ3) is 1.27. The van der Waals surface area contributed by atoms with Crippen molar-refractivity contribution < 1.29 is 0 Å². The largest absolute Gasteiger partial charge is 0.399 e. The zero-order chi connectivity index (χ0) is 11.1. The van der Waals surface area contributed by atoms with Gasteiger partial charge in [0.1, 0.15) is 0 Å². The summed E-state index contributed by atoms with van der Waals surface area (Å²) in [4.78, 5) is 2.21. The number of anilines is 1. The van der Waals surface area contributed by atoms with E-state index in [4.69, 9.17) is 5.73 Å². The minimum absolute atomic E-state index is 0.860. The number of likely N-dealkylation sites (N-methyl/N-ethyl adjacent to an activating group) is 1. The van der Waals surface area contributed by atoms with Crippen LogP contribution in [0.3, 0.4) is 0 Å². The van der Waals surface area contributed by atoms with Crippen molar-refractivity contribution in [2.75, 3.05) is 11.9 Å². The number of fused-ring (bicyclic) bond motifs is 2. The van der Waals surface area contributed by atoms with Crippen LogP contribution in [0.2, 0.25) is 0 Å². The zero-order valence-corrected chi connectivity index (χ0v) is 9.27. The van der Waals surface area contributed by atoms with E-state index < -0.39 is 0 Å². The van der Waals surface area contributed by atoms with Gasteiger partial charge in [-0.25, -0.2) is 0 Å². The molecular formula is C14H14N2. The molecule has 0 saturated carbocycles. The molecule has 0 amide bonds. The van der Waals surface area contributed by atoms with Crippen LogP contribution in [-0.4, -0.2) is 7.05 Å². The van der Waals surface area contributed by atoms with E-state index in [2.05, 4.69) is 48.4 Å². The van der Waals surface area contributed by atoms with E-state index in [1.807, 2.05) is 6.08 Å². The van der Waals surface area contributed by atoms with E-state index in [1.54, 1.807) is 0 Å². The van der Waals surface area contributed by atoms with Gasteiger partial charge in [-0.1, -0.05) is 24.3 Å². The predicted molar refractivity (Wildman–Crippen MR) is 67.8 cm³/mol. The van der Waals surface area contributed by atoms with Crippen molar-refractivity contribution in [1.82, 2.24) is 0 Å². The number of nitrogens with zero attached hydrogens (tertiary/aromatic N) is 1. The van der Waals surface area contributed by atoms with Gasteiger partial charge in [0, 0.05) is 24.1 Å². The highest BCUT2D eigenvalue weighted by molar-refractivity contribution is 5.80. The topological polar surface area (TPSA) is 29.3 Å². The van der Waals surface area contributed by atoms with E-state index in [9.17, 15) is 0 Å². The summed E-state index contributed by atoms with van der Waals surface area (Å²) in [6, 6.07) is 8.43. The minimum Gasteiger partial charge on any atom is -0.399 e. The molecule has 2 aliphatic rings. The summed E-state index contributed by atoms with van der Waals surface area (Å²) in [5.74, 6) is 0. The lowest BCUT2D eigenvalue weighted by Gasteiger charge is -2.32. The average molecular weight is 210 g/mol. The summed E-state index contributed by atoms with van der Waals surface area (Å²) in [7, 11) is 2.09. The van der Waals surface area contributed by atoms with Crippen LogP contribution in [0.5, 0.6) is 0 Å². The standard InChI is InChI=1S/C14H14N2/c1-16-13-5-3-2-4-10(13)8-11-6-7-12(15)9-14(11)16/h2-5,7-9H,6,15H2,1H3. The molecule has 80 valence electrons. The molecule has 0 fully saturated rings. The van der Waals surface area contributed by atoms with Gasteiger partial charge in [-0.2, -0.15) is 0 Å². The van der Waals surface area contributed by atoms with Crippen molar-refractivity contribution >= 4 is 11.8 Å². The quantitative estimate of drug-likeness (QED) is 0.713. The van der Waals surface area contributed by atoms with E-state index >= 15 is 0 Å². The highest BCUT2D eigenvalue weighted by Gasteiger charge is 2.21. The lowest BCUT2D eigenvalue weighted by molar-refractivity contribution is 1.02. The molecule has 3 rings (SSSR count). The third-order valence-corrected chi connectivity index (χ3v) is 3.18. The Labute approximate surface area is 95.4 Å². The summed E-state index contributed by atoms with van der Waals surface area (Å²) >= 11 is 0. The number of nitrogens with two attached hydrogens (primary N) is 1. The number of hydrogen-bond acceptors (Lipinski definition) is 2. The highest BCUT2D eigenvalue weighted by atomic mass is 15.1. The van der Waals surface area contributed by atoms with Crippen molar-refractivity contribution in [2.24, 2.45) is 5.73 Å². The monoisotopic (exact) mass is 210 g/mol.